The van der Waals surface area contributed by atoms with Gasteiger partial charge in [-0.15, -0.1) is 0 Å². The zero-order valence-corrected chi connectivity index (χ0v) is 10.2. The molecule has 7 heteroatoms. The van der Waals surface area contributed by atoms with Gasteiger partial charge in [-0.1, -0.05) is 0 Å². The average molecular weight is 377 g/mol. The molecular weight excluding hydrogens is 367 g/mol. The molecular formula is C6H10N5OPo. The molecule has 0 bridgehead atoms. The SMILES string of the molecule is O=C(C[CH2][Po])NCCn1cnnn1. The molecule has 13 heavy (non-hydrogen) atoms. The van der Waals surface area contributed by atoms with Gasteiger partial charge in [0.2, 0.25) is 0 Å². The van der Waals surface area contributed by atoms with Crippen LogP contribution in [0.15, 0.2) is 6.33 Å². The zero-order chi connectivity index (χ0) is 9.52. The van der Waals surface area contributed by atoms with Crippen molar-refractivity contribution in [3.8, 4) is 0 Å². The number of aromatic nitrogens is 4. The molecule has 1 radical (unpaired) electrons. The minimum atomic E-state index is 0.100. The van der Waals surface area contributed by atoms with Crippen molar-refractivity contribution in [1.29, 1.82) is 0 Å². The molecule has 6 nitrogen and oxygen atoms in total. The van der Waals surface area contributed by atoms with Gasteiger partial charge < -0.3 is 0 Å². The van der Waals surface area contributed by atoms with Crippen LogP contribution in [0, 0.1) is 0 Å². The Bertz CT molecular complexity index is 250. The van der Waals surface area contributed by atoms with Crippen molar-refractivity contribution in [2.75, 3.05) is 6.54 Å². The molecule has 0 saturated carbocycles. The van der Waals surface area contributed by atoms with E-state index in [4.69, 9.17) is 0 Å². The molecule has 0 aliphatic carbocycles. The number of carbonyl (C=O) groups is 1. The van der Waals surface area contributed by atoms with E-state index in [-0.39, 0.29) is 5.91 Å². The fourth-order valence-electron chi connectivity index (χ4n) is 0.774. The van der Waals surface area contributed by atoms with Gasteiger partial charge in [0.1, 0.15) is 0 Å². The van der Waals surface area contributed by atoms with E-state index in [2.05, 4.69) is 20.8 Å². The van der Waals surface area contributed by atoms with Gasteiger partial charge >= 0.3 is 91.2 Å². The Morgan fingerprint density at radius 3 is 3.08 bits per heavy atom. The van der Waals surface area contributed by atoms with E-state index >= 15 is 0 Å². The van der Waals surface area contributed by atoms with E-state index < -0.39 is 0 Å². The van der Waals surface area contributed by atoms with Crippen LogP contribution in [0.1, 0.15) is 6.42 Å². The van der Waals surface area contributed by atoms with Crippen LogP contribution in [0.4, 0.5) is 0 Å². The summed E-state index contributed by atoms with van der Waals surface area (Å²) in [6.45, 7) is 1.20. The summed E-state index contributed by atoms with van der Waals surface area (Å²) in [4.78, 5) is 11.0. The number of hydrogen-bond acceptors (Lipinski definition) is 4. The van der Waals surface area contributed by atoms with E-state index in [1.165, 1.54) is 31.4 Å². The molecule has 1 heterocycles. The quantitative estimate of drug-likeness (QED) is 0.698. The van der Waals surface area contributed by atoms with Crippen LogP contribution >= 0.6 is 0 Å². The third-order valence-corrected chi connectivity index (χ3v) is 2.18. The van der Waals surface area contributed by atoms with Crippen molar-refractivity contribution >= 4 is 31.0 Å². The van der Waals surface area contributed by atoms with E-state index in [1.54, 1.807) is 4.68 Å². The molecule has 0 aromatic carbocycles. The van der Waals surface area contributed by atoms with E-state index in [9.17, 15) is 4.79 Å². The van der Waals surface area contributed by atoms with Gasteiger partial charge in [-0.05, 0) is 0 Å². The van der Waals surface area contributed by atoms with Gasteiger partial charge in [-0.2, -0.15) is 0 Å². The van der Waals surface area contributed by atoms with Gasteiger partial charge in [-0.3, -0.25) is 0 Å². The normalized spacial score (nSPS) is 9.92. The number of tetrazole rings is 1. The fourth-order valence-corrected chi connectivity index (χ4v) is 1.49. The van der Waals surface area contributed by atoms with E-state index in [0.717, 1.165) is 4.08 Å². The molecule has 71 valence electrons. The van der Waals surface area contributed by atoms with Gasteiger partial charge in [-0.25, -0.2) is 0 Å². The zero-order valence-electron chi connectivity index (χ0n) is 7.01. The molecule has 1 aromatic heterocycles. The molecule has 0 fully saturated rings. The van der Waals surface area contributed by atoms with Crippen molar-refractivity contribution in [2.45, 2.75) is 17.0 Å². The standard InChI is InChI=1S/C6H10N5O.Po/c1-2-6(12)7-3-4-11-5-8-9-10-11;/h5H,1-4H2,(H,7,12);. The first-order valence-electron chi connectivity index (χ1n) is 3.88. The number of nitrogens with zero attached hydrogens (tertiary/aromatic N) is 4. The Balaban J connectivity index is 2.11. The molecule has 1 rings (SSSR count). The van der Waals surface area contributed by atoms with E-state index in [1.807, 2.05) is 0 Å². The van der Waals surface area contributed by atoms with Gasteiger partial charge in [0.15, 0.2) is 0 Å². The Labute approximate surface area is 91.2 Å². The summed E-state index contributed by atoms with van der Waals surface area (Å²) < 4.78 is 2.54. The predicted molar refractivity (Wildman–Crippen MR) is 46.0 cm³/mol. The minimum absolute atomic E-state index is 0.100. The Morgan fingerprint density at radius 1 is 1.62 bits per heavy atom. The molecule has 1 aromatic rings. The molecule has 1 amide bonds. The van der Waals surface area contributed by atoms with Crippen LogP contribution in [-0.2, 0) is 11.3 Å². The second-order valence-electron chi connectivity index (χ2n) is 2.38. The molecule has 1 N–H and O–H groups in total. The van der Waals surface area contributed by atoms with Crippen LogP contribution in [0.3, 0.4) is 0 Å². The summed E-state index contributed by atoms with van der Waals surface area (Å²) in [6.07, 6.45) is 2.14. The summed E-state index contributed by atoms with van der Waals surface area (Å²) in [7, 11) is 0. The molecule has 0 aliphatic rings. The number of carbonyl (C=O) groups excluding carboxylic acids is 1. The number of nitrogens with one attached hydrogen (secondary N) is 1. The fraction of sp³-hybridized carbons (Fsp3) is 0.667. The topological polar surface area (TPSA) is 72.7 Å². The predicted octanol–water partition coefficient (Wildman–Crippen LogP) is -1.23. The van der Waals surface area contributed by atoms with Crippen LogP contribution in [-0.4, -0.2) is 57.7 Å². The van der Waals surface area contributed by atoms with Crippen LogP contribution in [0.2, 0.25) is 4.08 Å². The van der Waals surface area contributed by atoms with E-state index in [0.29, 0.717) is 19.5 Å². The van der Waals surface area contributed by atoms with Crippen LogP contribution in [0.5, 0.6) is 0 Å². The third-order valence-electron chi connectivity index (χ3n) is 1.38. The van der Waals surface area contributed by atoms with Crippen LogP contribution < -0.4 is 5.32 Å². The summed E-state index contributed by atoms with van der Waals surface area (Å²) in [6, 6.07) is 0. The summed E-state index contributed by atoms with van der Waals surface area (Å²) >= 11 is 1.44. The summed E-state index contributed by atoms with van der Waals surface area (Å²) in [5.41, 5.74) is 0. The number of hydrogen-bond donors (Lipinski definition) is 1. The monoisotopic (exact) mass is 377 g/mol. The van der Waals surface area contributed by atoms with Crippen molar-refractivity contribution in [3.05, 3.63) is 6.33 Å². The first-order chi connectivity index (χ1) is 6.33. The summed E-state index contributed by atoms with van der Waals surface area (Å²) in [5, 5.41) is 13.4. The Kier molecular flexibility index (Phi) is 4.83. The van der Waals surface area contributed by atoms with Gasteiger partial charge in [0.25, 0.3) is 0 Å². The number of amides is 1. The number of rotatable bonds is 5. The third kappa shape index (κ3) is 4.27. The maximum atomic E-state index is 11.0. The maximum absolute atomic E-state index is 11.0. The molecule has 0 spiro atoms. The van der Waals surface area contributed by atoms with Crippen molar-refractivity contribution < 1.29 is 4.79 Å². The molecule has 0 saturated heterocycles. The summed E-state index contributed by atoms with van der Waals surface area (Å²) in [5.74, 6) is 0.100. The first-order valence-corrected chi connectivity index (χ1v) is 6.13. The second-order valence-corrected chi connectivity index (χ2v) is 3.96. The first kappa shape index (κ1) is 10.5. The Hall–Kier alpha value is -0.564. The molecule has 0 unspecified atom stereocenters. The Morgan fingerprint density at radius 2 is 2.46 bits per heavy atom. The van der Waals surface area contributed by atoms with Gasteiger partial charge in [0.05, 0.1) is 0 Å². The van der Waals surface area contributed by atoms with Crippen molar-refractivity contribution in [1.82, 2.24) is 25.5 Å². The molecule has 0 atom stereocenters. The second kappa shape index (κ2) is 5.98. The van der Waals surface area contributed by atoms with Gasteiger partial charge in [0, 0.05) is 0 Å². The molecule has 0 aliphatic heterocycles. The van der Waals surface area contributed by atoms with Crippen molar-refractivity contribution in [3.63, 3.8) is 0 Å². The van der Waals surface area contributed by atoms with Crippen LogP contribution in [0.25, 0.3) is 0 Å². The van der Waals surface area contributed by atoms with Crippen molar-refractivity contribution in [2.24, 2.45) is 0 Å². The average Bonchev–Trinajstić information content (AvgIpc) is 2.57.